The molecular formula is C18H23FN4O2S. The fourth-order valence-corrected chi connectivity index (χ4v) is 3.43. The van der Waals surface area contributed by atoms with Crippen molar-refractivity contribution in [1.82, 2.24) is 14.9 Å². The maximum atomic E-state index is 13.7. The van der Waals surface area contributed by atoms with Crippen LogP contribution in [0.5, 0.6) is 0 Å². The highest BCUT2D eigenvalue weighted by Gasteiger charge is 2.20. The van der Waals surface area contributed by atoms with E-state index in [1.807, 2.05) is 0 Å². The van der Waals surface area contributed by atoms with E-state index >= 15 is 0 Å². The predicted molar refractivity (Wildman–Crippen MR) is 101 cm³/mol. The molecular weight excluding hydrogens is 355 g/mol. The topological polar surface area (TPSA) is 73.8 Å². The fourth-order valence-electron chi connectivity index (χ4n) is 2.32. The Morgan fingerprint density at radius 3 is 2.12 bits per heavy atom. The van der Waals surface area contributed by atoms with Crippen molar-refractivity contribution in [2.45, 2.75) is 18.0 Å². The number of halogens is 1. The Kier molecular flexibility index (Phi) is 6.70. The average Bonchev–Trinajstić information content (AvgIpc) is 2.63. The summed E-state index contributed by atoms with van der Waals surface area (Å²) >= 11 is 0. The first-order valence-corrected chi connectivity index (χ1v) is 9.48. The van der Waals surface area contributed by atoms with Gasteiger partial charge < -0.3 is 10.6 Å². The van der Waals surface area contributed by atoms with E-state index in [2.05, 4.69) is 15.6 Å². The number of aliphatic imine (C=N–C) groups is 1. The Hall–Kier alpha value is -2.45. The highest BCUT2D eigenvalue weighted by molar-refractivity contribution is 7.89. The maximum Gasteiger partial charge on any atom is 0.242 e. The Balaban J connectivity index is 2.07. The van der Waals surface area contributed by atoms with Gasteiger partial charge in [-0.05, 0) is 17.7 Å². The fraction of sp³-hybridized carbons (Fsp3) is 0.278. The Bertz CT molecular complexity index is 882. The molecule has 0 aromatic heterocycles. The molecule has 26 heavy (non-hydrogen) atoms. The first kappa shape index (κ1) is 19.9. The van der Waals surface area contributed by atoms with Gasteiger partial charge >= 0.3 is 0 Å². The van der Waals surface area contributed by atoms with Crippen LogP contribution in [0, 0.1) is 5.82 Å². The van der Waals surface area contributed by atoms with E-state index in [0.717, 1.165) is 0 Å². The third-order valence-corrected chi connectivity index (χ3v) is 5.72. The van der Waals surface area contributed by atoms with Crippen molar-refractivity contribution in [1.29, 1.82) is 0 Å². The van der Waals surface area contributed by atoms with Crippen LogP contribution in [0.1, 0.15) is 11.1 Å². The second kappa shape index (κ2) is 8.77. The summed E-state index contributed by atoms with van der Waals surface area (Å²) in [6.45, 7) is 0.532. The summed E-state index contributed by atoms with van der Waals surface area (Å²) in [7, 11) is 1.05. The molecule has 2 N–H and O–H groups in total. The lowest BCUT2D eigenvalue weighted by Gasteiger charge is -2.17. The van der Waals surface area contributed by atoms with Crippen molar-refractivity contribution in [2.75, 3.05) is 21.1 Å². The summed E-state index contributed by atoms with van der Waals surface area (Å²) in [6, 6.07) is 13.3. The van der Waals surface area contributed by atoms with Gasteiger partial charge in [0.05, 0.1) is 4.90 Å². The standard InChI is InChI=1S/C18H23FN4O2S/c1-20-18(21-12-14-8-4-6-10-16(14)19)22-13-15-9-5-7-11-17(15)26(24,25)23(2)3/h4-11H,12-13H2,1-3H3,(H2,20,21,22). The molecule has 0 spiro atoms. The molecule has 0 fully saturated rings. The number of hydrogen-bond acceptors (Lipinski definition) is 3. The van der Waals surface area contributed by atoms with Crippen molar-refractivity contribution < 1.29 is 12.8 Å². The number of nitrogens with zero attached hydrogens (tertiary/aromatic N) is 2. The van der Waals surface area contributed by atoms with Crippen molar-refractivity contribution in [3.8, 4) is 0 Å². The van der Waals surface area contributed by atoms with E-state index in [9.17, 15) is 12.8 Å². The van der Waals surface area contributed by atoms with Gasteiger partial charge in [-0.25, -0.2) is 17.1 Å². The van der Waals surface area contributed by atoms with Crippen LogP contribution in [-0.4, -0.2) is 39.8 Å². The smallest absolute Gasteiger partial charge is 0.242 e. The van der Waals surface area contributed by atoms with Crippen molar-refractivity contribution >= 4 is 16.0 Å². The third-order valence-electron chi connectivity index (χ3n) is 3.81. The molecule has 8 heteroatoms. The van der Waals surface area contributed by atoms with E-state index in [1.54, 1.807) is 49.5 Å². The van der Waals surface area contributed by atoms with Gasteiger partial charge in [-0.3, -0.25) is 4.99 Å². The third kappa shape index (κ3) is 4.80. The van der Waals surface area contributed by atoms with E-state index in [0.29, 0.717) is 17.1 Å². The number of rotatable bonds is 6. The molecule has 140 valence electrons. The molecule has 0 amide bonds. The quantitative estimate of drug-likeness (QED) is 0.595. The normalized spacial score (nSPS) is 12.3. The summed E-state index contributed by atoms with van der Waals surface area (Å²) in [5.41, 5.74) is 1.14. The van der Waals surface area contributed by atoms with Crippen LogP contribution < -0.4 is 10.6 Å². The van der Waals surface area contributed by atoms with Crippen LogP contribution in [0.4, 0.5) is 4.39 Å². The number of guanidine groups is 1. The minimum atomic E-state index is -3.54. The molecule has 0 saturated heterocycles. The summed E-state index contributed by atoms with van der Waals surface area (Å²) in [6.07, 6.45) is 0. The van der Waals surface area contributed by atoms with Crippen molar-refractivity contribution in [2.24, 2.45) is 4.99 Å². The van der Waals surface area contributed by atoms with E-state index in [-0.39, 0.29) is 23.8 Å². The highest BCUT2D eigenvalue weighted by atomic mass is 32.2. The lowest BCUT2D eigenvalue weighted by molar-refractivity contribution is 0.519. The van der Waals surface area contributed by atoms with Crippen LogP contribution in [0.25, 0.3) is 0 Å². The molecule has 2 aromatic rings. The van der Waals surface area contributed by atoms with Gasteiger partial charge in [-0.1, -0.05) is 36.4 Å². The maximum absolute atomic E-state index is 13.7. The van der Waals surface area contributed by atoms with Crippen LogP contribution >= 0.6 is 0 Å². The molecule has 0 saturated carbocycles. The van der Waals surface area contributed by atoms with Gasteiger partial charge in [-0.2, -0.15) is 0 Å². The molecule has 0 heterocycles. The van der Waals surface area contributed by atoms with Gasteiger partial charge in [0.15, 0.2) is 5.96 Å². The zero-order valence-corrected chi connectivity index (χ0v) is 15.8. The van der Waals surface area contributed by atoms with Gasteiger partial charge in [0.25, 0.3) is 0 Å². The Morgan fingerprint density at radius 2 is 1.54 bits per heavy atom. The van der Waals surface area contributed by atoms with Gasteiger partial charge in [0.2, 0.25) is 10.0 Å². The Morgan fingerprint density at radius 1 is 1.00 bits per heavy atom. The van der Waals surface area contributed by atoms with E-state index in [4.69, 9.17) is 0 Å². The molecule has 2 rings (SSSR count). The van der Waals surface area contributed by atoms with Crippen LogP contribution in [0.2, 0.25) is 0 Å². The van der Waals surface area contributed by atoms with Crippen LogP contribution in [0.3, 0.4) is 0 Å². The molecule has 0 bridgehead atoms. The first-order chi connectivity index (χ1) is 12.4. The average molecular weight is 378 g/mol. The van der Waals surface area contributed by atoms with Gasteiger partial charge in [0.1, 0.15) is 5.82 Å². The zero-order valence-electron chi connectivity index (χ0n) is 15.0. The predicted octanol–water partition coefficient (Wildman–Crippen LogP) is 1.94. The van der Waals surface area contributed by atoms with Crippen LogP contribution in [0.15, 0.2) is 58.4 Å². The lowest BCUT2D eigenvalue weighted by Crippen LogP contribution is -2.37. The number of benzene rings is 2. The summed E-state index contributed by atoms with van der Waals surface area (Å²) in [5.74, 6) is 0.156. The molecule has 0 aliphatic rings. The number of sulfonamides is 1. The van der Waals surface area contributed by atoms with E-state index < -0.39 is 10.0 Å². The van der Waals surface area contributed by atoms with Gasteiger partial charge in [0, 0.05) is 39.8 Å². The molecule has 0 unspecified atom stereocenters. The van der Waals surface area contributed by atoms with Crippen molar-refractivity contribution in [3.63, 3.8) is 0 Å². The largest absolute Gasteiger partial charge is 0.352 e. The summed E-state index contributed by atoms with van der Waals surface area (Å²) in [5, 5.41) is 6.08. The van der Waals surface area contributed by atoms with Gasteiger partial charge in [-0.15, -0.1) is 0 Å². The number of hydrogen-bond donors (Lipinski definition) is 2. The molecule has 6 nitrogen and oxygen atoms in total. The lowest BCUT2D eigenvalue weighted by atomic mass is 10.2. The molecule has 0 atom stereocenters. The second-order valence-electron chi connectivity index (χ2n) is 5.77. The number of nitrogens with one attached hydrogen (secondary N) is 2. The zero-order chi connectivity index (χ0) is 19.2. The summed E-state index contributed by atoms with van der Waals surface area (Å²) < 4.78 is 39.7. The van der Waals surface area contributed by atoms with Crippen LogP contribution in [-0.2, 0) is 23.1 Å². The minimum Gasteiger partial charge on any atom is -0.352 e. The first-order valence-electron chi connectivity index (χ1n) is 8.04. The Labute approximate surface area is 153 Å². The monoisotopic (exact) mass is 378 g/mol. The van der Waals surface area contributed by atoms with E-state index in [1.165, 1.54) is 24.5 Å². The second-order valence-corrected chi connectivity index (χ2v) is 7.89. The SMILES string of the molecule is CN=C(NCc1ccccc1F)NCc1ccccc1S(=O)(=O)N(C)C. The summed E-state index contributed by atoms with van der Waals surface area (Å²) in [4.78, 5) is 4.32. The highest BCUT2D eigenvalue weighted by Crippen LogP contribution is 2.18. The molecule has 0 aliphatic heterocycles. The minimum absolute atomic E-state index is 0.238. The molecule has 0 aliphatic carbocycles. The molecule has 0 radical (unpaired) electrons. The van der Waals surface area contributed by atoms with Crippen molar-refractivity contribution in [3.05, 3.63) is 65.5 Å². The molecule has 2 aromatic carbocycles.